The normalized spacial score (nSPS) is 36.7. The van der Waals surface area contributed by atoms with Gasteiger partial charge in [0.25, 0.3) is 0 Å². The summed E-state index contributed by atoms with van der Waals surface area (Å²) in [6.45, 7) is 0. The highest BCUT2D eigenvalue weighted by atomic mass is 16.5. The minimum atomic E-state index is -0.160. The SMILES string of the molecule is O=C1CC2CCC(C1)C(=O)O2. The van der Waals surface area contributed by atoms with Gasteiger partial charge in [0.15, 0.2) is 0 Å². The summed E-state index contributed by atoms with van der Waals surface area (Å²) in [6, 6.07) is 0. The van der Waals surface area contributed by atoms with E-state index in [0.717, 1.165) is 12.8 Å². The fourth-order valence-corrected chi connectivity index (χ4v) is 1.77. The number of carbonyl (C=O) groups is 2. The summed E-state index contributed by atoms with van der Waals surface area (Å²) in [5, 5.41) is 0. The Morgan fingerprint density at radius 1 is 1.18 bits per heavy atom. The molecule has 3 fully saturated rings. The average Bonchev–Trinajstić information content (AvgIpc) is 2.16. The molecule has 1 saturated carbocycles. The molecule has 3 nitrogen and oxygen atoms in total. The maximum atomic E-state index is 11.1. The summed E-state index contributed by atoms with van der Waals surface area (Å²) >= 11 is 0. The number of ketones is 1. The van der Waals surface area contributed by atoms with Crippen molar-refractivity contribution in [2.24, 2.45) is 5.92 Å². The van der Waals surface area contributed by atoms with Crippen LogP contribution in [0.2, 0.25) is 0 Å². The van der Waals surface area contributed by atoms with Crippen LogP contribution >= 0.6 is 0 Å². The number of hydrogen-bond acceptors (Lipinski definition) is 3. The molecule has 2 atom stereocenters. The van der Waals surface area contributed by atoms with Crippen molar-refractivity contribution in [3.8, 4) is 0 Å². The largest absolute Gasteiger partial charge is 0.462 e. The quantitative estimate of drug-likeness (QED) is 0.482. The highest BCUT2D eigenvalue weighted by Crippen LogP contribution is 2.29. The molecular formula is C8H10O3. The maximum absolute atomic E-state index is 11.1. The Balaban J connectivity index is 2.22. The van der Waals surface area contributed by atoms with Crippen molar-refractivity contribution in [1.29, 1.82) is 0 Å². The van der Waals surface area contributed by atoms with Gasteiger partial charge >= 0.3 is 5.97 Å². The van der Waals surface area contributed by atoms with Gasteiger partial charge in [0.1, 0.15) is 11.9 Å². The molecule has 1 aliphatic carbocycles. The fraction of sp³-hybridized carbons (Fsp3) is 0.750. The summed E-state index contributed by atoms with van der Waals surface area (Å²) in [5.41, 5.74) is 0. The Morgan fingerprint density at radius 3 is 2.73 bits per heavy atom. The Morgan fingerprint density at radius 2 is 2.00 bits per heavy atom. The van der Waals surface area contributed by atoms with Crippen LogP contribution in [0.25, 0.3) is 0 Å². The Kier molecular flexibility index (Phi) is 1.44. The molecule has 0 amide bonds. The lowest BCUT2D eigenvalue weighted by atomic mass is 9.99. The number of rotatable bonds is 0. The lowest BCUT2D eigenvalue weighted by Crippen LogP contribution is -2.27. The molecule has 0 spiro atoms. The predicted octanol–water partition coefficient (Wildman–Crippen LogP) is 0.671. The van der Waals surface area contributed by atoms with Crippen molar-refractivity contribution in [3.05, 3.63) is 0 Å². The van der Waals surface area contributed by atoms with Gasteiger partial charge in [-0.25, -0.2) is 0 Å². The predicted molar refractivity (Wildman–Crippen MR) is 36.8 cm³/mol. The summed E-state index contributed by atoms with van der Waals surface area (Å²) in [7, 11) is 0. The van der Waals surface area contributed by atoms with Crippen LogP contribution in [-0.4, -0.2) is 17.9 Å². The molecule has 0 aromatic rings. The van der Waals surface area contributed by atoms with Crippen LogP contribution in [0.3, 0.4) is 0 Å². The third-order valence-corrected chi connectivity index (χ3v) is 2.38. The van der Waals surface area contributed by atoms with E-state index in [9.17, 15) is 9.59 Å². The lowest BCUT2D eigenvalue weighted by molar-refractivity contribution is -0.158. The first-order valence-corrected chi connectivity index (χ1v) is 3.98. The van der Waals surface area contributed by atoms with Crippen LogP contribution in [-0.2, 0) is 14.3 Å². The molecule has 2 unspecified atom stereocenters. The third-order valence-electron chi connectivity index (χ3n) is 2.38. The highest BCUT2D eigenvalue weighted by Gasteiger charge is 2.36. The van der Waals surface area contributed by atoms with E-state index in [1.165, 1.54) is 0 Å². The maximum Gasteiger partial charge on any atom is 0.309 e. The molecule has 11 heavy (non-hydrogen) atoms. The van der Waals surface area contributed by atoms with E-state index in [1.807, 2.05) is 0 Å². The van der Waals surface area contributed by atoms with Gasteiger partial charge in [0, 0.05) is 12.8 Å². The zero-order valence-electron chi connectivity index (χ0n) is 6.21. The molecule has 2 saturated heterocycles. The number of carbonyl (C=O) groups excluding carboxylic acids is 2. The van der Waals surface area contributed by atoms with Crippen molar-refractivity contribution < 1.29 is 14.3 Å². The van der Waals surface area contributed by atoms with E-state index in [4.69, 9.17) is 4.74 Å². The summed E-state index contributed by atoms with van der Waals surface area (Å²) in [5.74, 6) is -0.100. The number of ether oxygens (including phenoxy) is 1. The molecule has 2 heterocycles. The summed E-state index contributed by atoms with van der Waals surface area (Å²) < 4.78 is 5.02. The van der Waals surface area contributed by atoms with E-state index in [1.54, 1.807) is 0 Å². The molecule has 0 radical (unpaired) electrons. The molecule has 0 N–H and O–H groups in total. The van der Waals surface area contributed by atoms with Crippen LogP contribution in [0.15, 0.2) is 0 Å². The summed E-state index contributed by atoms with van der Waals surface area (Å²) in [4.78, 5) is 22.1. The molecule has 3 aliphatic rings. The van der Waals surface area contributed by atoms with E-state index in [0.29, 0.717) is 12.8 Å². The first-order valence-electron chi connectivity index (χ1n) is 3.98. The summed E-state index contributed by atoms with van der Waals surface area (Å²) in [6.07, 6.45) is 2.48. The molecule has 60 valence electrons. The van der Waals surface area contributed by atoms with Crippen LogP contribution in [0.1, 0.15) is 25.7 Å². The zero-order valence-corrected chi connectivity index (χ0v) is 6.21. The zero-order chi connectivity index (χ0) is 7.84. The van der Waals surface area contributed by atoms with Gasteiger partial charge in [0.2, 0.25) is 0 Å². The van der Waals surface area contributed by atoms with E-state index in [-0.39, 0.29) is 23.8 Å². The van der Waals surface area contributed by atoms with Gasteiger partial charge in [-0.05, 0) is 12.8 Å². The molecular weight excluding hydrogens is 144 g/mol. The highest BCUT2D eigenvalue weighted by molar-refractivity contribution is 5.87. The number of fused-ring (bicyclic) bond motifs is 4. The van der Waals surface area contributed by atoms with Gasteiger partial charge < -0.3 is 4.74 Å². The third kappa shape index (κ3) is 1.15. The Bertz CT molecular complexity index is 207. The van der Waals surface area contributed by atoms with Crippen molar-refractivity contribution in [2.45, 2.75) is 31.8 Å². The molecule has 2 aliphatic heterocycles. The Hall–Kier alpha value is -0.860. The van der Waals surface area contributed by atoms with E-state index < -0.39 is 0 Å². The number of hydrogen-bond donors (Lipinski definition) is 0. The van der Waals surface area contributed by atoms with Crippen molar-refractivity contribution in [3.63, 3.8) is 0 Å². The topological polar surface area (TPSA) is 43.4 Å². The second-order valence-corrected chi connectivity index (χ2v) is 3.28. The van der Waals surface area contributed by atoms with Crippen molar-refractivity contribution in [2.75, 3.05) is 0 Å². The van der Waals surface area contributed by atoms with Crippen LogP contribution in [0, 0.1) is 5.92 Å². The lowest BCUT2D eigenvalue weighted by Gasteiger charge is -2.21. The first kappa shape index (κ1) is 6.83. The van der Waals surface area contributed by atoms with E-state index >= 15 is 0 Å². The smallest absolute Gasteiger partial charge is 0.309 e. The molecule has 3 heteroatoms. The number of esters is 1. The monoisotopic (exact) mass is 154 g/mol. The van der Waals surface area contributed by atoms with E-state index in [2.05, 4.69) is 0 Å². The second kappa shape index (κ2) is 2.32. The van der Waals surface area contributed by atoms with Gasteiger partial charge in [-0.2, -0.15) is 0 Å². The van der Waals surface area contributed by atoms with Crippen LogP contribution < -0.4 is 0 Å². The standard InChI is InChI=1S/C8H10O3/c9-6-3-5-1-2-7(4-6)11-8(5)10/h5,7H,1-4H2. The first-order chi connectivity index (χ1) is 5.25. The van der Waals surface area contributed by atoms with Gasteiger partial charge in [-0.1, -0.05) is 0 Å². The molecule has 0 aromatic heterocycles. The minimum absolute atomic E-state index is 0.103. The van der Waals surface area contributed by atoms with Crippen LogP contribution in [0.5, 0.6) is 0 Å². The number of Topliss-reactive ketones (excluding diaryl/α,β-unsaturated/α-hetero) is 1. The molecule has 0 aromatic carbocycles. The van der Waals surface area contributed by atoms with Gasteiger partial charge in [0.05, 0.1) is 5.92 Å². The van der Waals surface area contributed by atoms with Crippen LogP contribution in [0.4, 0.5) is 0 Å². The molecule has 3 rings (SSSR count). The Labute approximate surface area is 64.7 Å². The van der Waals surface area contributed by atoms with Gasteiger partial charge in [-0.3, -0.25) is 9.59 Å². The van der Waals surface area contributed by atoms with Gasteiger partial charge in [-0.15, -0.1) is 0 Å². The minimum Gasteiger partial charge on any atom is -0.462 e. The molecule has 2 bridgehead atoms. The average molecular weight is 154 g/mol. The second-order valence-electron chi connectivity index (χ2n) is 3.28. The van der Waals surface area contributed by atoms with Crippen molar-refractivity contribution >= 4 is 11.8 Å². The van der Waals surface area contributed by atoms with Crippen molar-refractivity contribution in [1.82, 2.24) is 0 Å². The fourth-order valence-electron chi connectivity index (χ4n) is 1.77.